The smallest absolute Gasteiger partial charge is 0.237 e. The zero-order valence-electron chi connectivity index (χ0n) is 7.03. The van der Waals surface area contributed by atoms with Crippen LogP contribution in [0.4, 0.5) is 0 Å². The van der Waals surface area contributed by atoms with Crippen LogP contribution in [-0.4, -0.2) is 20.1 Å². The van der Waals surface area contributed by atoms with Crippen molar-refractivity contribution in [3.8, 4) is 0 Å². The van der Waals surface area contributed by atoms with Gasteiger partial charge in [0.15, 0.2) is 0 Å². The molecular weight excluding hydrogens is 190 g/mol. The van der Waals surface area contributed by atoms with E-state index in [0.29, 0.717) is 17.9 Å². The fourth-order valence-electron chi connectivity index (χ4n) is 1.71. The van der Waals surface area contributed by atoms with Crippen LogP contribution >= 0.6 is 0 Å². The molecule has 0 amide bonds. The normalized spacial score (nSPS) is 31.5. The SMILES string of the molecule is O=S1(=O)NCCC2CC=C(O)C=C21. The van der Waals surface area contributed by atoms with E-state index in [1.165, 1.54) is 6.08 Å². The molecule has 2 rings (SSSR count). The number of sulfonamides is 1. The van der Waals surface area contributed by atoms with Crippen molar-refractivity contribution < 1.29 is 13.5 Å². The summed E-state index contributed by atoms with van der Waals surface area (Å²) >= 11 is 0. The van der Waals surface area contributed by atoms with Crippen molar-refractivity contribution >= 4 is 10.0 Å². The Balaban J connectivity index is 2.44. The Bertz CT molecular complexity index is 380. The van der Waals surface area contributed by atoms with Crippen LogP contribution in [0.2, 0.25) is 0 Å². The molecule has 2 N–H and O–H groups in total. The Labute approximate surface area is 77.0 Å². The molecule has 1 saturated heterocycles. The van der Waals surface area contributed by atoms with Gasteiger partial charge < -0.3 is 5.11 Å². The molecule has 0 saturated carbocycles. The average Bonchev–Trinajstić information content (AvgIpc) is 2.06. The maximum atomic E-state index is 11.4. The molecule has 1 fully saturated rings. The van der Waals surface area contributed by atoms with Crippen LogP contribution in [0.3, 0.4) is 0 Å². The van der Waals surface area contributed by atoms with E-state index in [1.807, 2.05) is 0 Å². The minimum atomic E-state index is -3.31. The van der Waals surface area contributed by atoms with Gasteiger partial charge in [-0.2, -0.15) is 0 Å². The summed E-state index contributed by atoms with van der Waals surface area (Å²) in [5.74, 6) is 0.112. The van der Waals surface area contributed by atoms with Crippen molar-refractivity contribution in [1.82, 2.24) is 4.72 Å². The minimum absolute atomic E-state index is 0.0542. The second-order valence-corrected chi connectivity index (χ2v) is 5.06. The molecule has 1 atom stereocenters. The van der Waals surface area contributed by atoms with Gasteiger partial charge in [-0.05, 0) is 25.0 Å². The summed E-state index contributed by atoms with van der Waals surface area (Å²) in [4.78, 5) is 0.332. The van der Waals surface area contributed by atoms with E-state index in [9.17, 15) is 13.5 Å². The summed E-state index contributed by atoms with van der Waals surface area (Å²) < 4.78 is 25.3. The third kappa shape index (κ3) is 1.49. The summed E-state index contributed by atoms with van der Waals surface area (Å²) in [5, 5.41) is 9.17. The monoisotopic (exact) mass is 201 g/mol. The highest BCUT2D eigenvalue weighted by Gasteiger charge is 2.31. The van der Waals surface area contributed by atoms with Gasteiger partial charge in [-0.25, -0.2) is 13.1 Å². The minimum Gasteiger partial charge on any atom is -0.508 e. The Hall–Kier alpha value is -0.810. The molecule has 4 nitrogen and oxygen atoms in total. The molecule has 0 aromatic rings. The first-order valence-corrected chi connectivity index (χ1v) is 5.68. The largest absolute Gasteiger partial charge is 0.508 e. The molecular formula is C8H11NO3S. The Morgan fingerprint density at radius 3 is 3.08 bits per heavy atom. The van der Waals surface area contributed by atoms with Gasteiger partial charge in [-0.1, -0.05) is 0 Å². The fraction of sp³-hybridized carbons (Fsp3) is 0.500. The highest BCUT2D eigenvalue weighted by Crippen LogP contribution is 2.31. The molecule has 5 heteroatoms. The second kappa shape index (κ2) is 2.85. The third-order valence-electron chi connectivity index (χ3n) is 2.40. The van der Waals surface area contributed by atoms with E-state index in [4.69, 9.17) is 0 Å². The number of hydrogen-bond donors (Lipinski definition) is 2. The molecule has 0 radical (unpaired) electrons. The Morgan fingerprint density at radius 2 is 2.31 bits per heavy atom. The lowest BCUT2D eigenvalue weighted by Crippen LogP contribution is -2.36. The van der Waals surface area contributed by atoms with Gasteiger partial charge in [0.05, 0.1) is 4.91 Å². The number of aliphatic hydroxyl groups is 1. The predicted molar refractivity (Wildman–Crippen MR) is 48.4 cm³/mol. The lowest BCUT2D eigenvalue weighted by Gasteiger charge is -2.27. The van der Waals surface area contributed by atoms with Crippen LogP contribution in [0.25, 0.3) is 0 Å². The van der Waals surface area contributed by atoms with Gasteiger partial charge in [-0.15, -0.1) is 0 Å². The number of aliphatic hydroxyl groups excluding tert-OH is 1. The van der Waals surface area contributed by atoms with Gasteiger partial charge in [0.25, 0.3) is 0 Å². The van der Waals surface area contributed by atoms with Gasteiger partial charge in [0.1, 0.15) is 5.76 Å². The molecule has 2 aliphatic rings. The van der Waals surface area contributed by atoms with Gasteiger partial charge in [0, 0.05) is 12.5 Å². The first-order chi connectivity index (χ1) is 6.09. The Morgan fingerprint density at radius 1 is 1.54 bits per heavy atom. The lowest BCUT2D eigenvalue weighted by molar-refractivity contribution is 0.413. The molecule has 1 aliphatic heterocycles. The van der Waals surface area contributed by atoms with Crippen LogP contribution in [0.5, 0.6) is 0 Å². The van der Waals surface area contributed by atoms with E-state index in [-0.39, 0.29) is 11.7 Å². The second-order valence-electron chi connectivity index (χ2n) is 3.29. The molecule has 1 heterocycles. The zero-order chi connectivity index (χ0) is 9.47. The maximum Gasteiger partial charge on any atom is 0.237 e. The molecule has 72 valence electrons. The van der Waals surface area contributed by atoms with Crippen molar-refractivity contribution in [2.24, 2.45) is 5.92 Å². The van der Waals surface area contributed by atoms with Crippen LogP contribution in [0.15, 0.2) is 22.8 Å². The zero-order valence-corrected chi connectivity index (χ0v) is 7.84. The molecule has 0 aromatic carbocycles. The molecule has 0 aromatic heterocycles. The molecule has 0 bridgehead atoms. The maximum absolute atomic E-state index is 11.4. The number of allylic oxidation sites excluding steroid dienone is 3. The highest BCUT2D eigenvalue weighted by molar-refractivity contribution is 7.93. The van der Waals surface area contributed by atoms with Crippen molar-refractivity contribution in [3.63, 3.8) is 0 Å². The van der Waals surface area contributed by atoms with E-state index in [1.54, 1.807) is 6.08 Å². The van der Waals surface area contributed by atoms with Gasteiger partial charge >= 0.3 is 0 Å². The molecule has 0 spiro atoms. The molecule has 1 aliphatic carbocycles. The highest BCUT2D eigenvalue weighted by atomic mass is 32.2. The topological polar surface area (TPSA) is 66.4 Å². The number of nitrogens with one attached hydrogen (secondary N) is 1. The standard InChI is InChI=1S/C8H11NO3S/c10-7-2-1-6-3-4-9-13(11,12)8(6)5-7/h2,5-6,9-10H,1,3-4H2. The van der Waals surface area contributed by atoms with Crippen LogP contribution < -0.4 is 4.72 Å². The van der Waals surface area contributed by atoms with Crippen molar-refractivity contribution in [2.75, 3.05) is 6.54 Å². The van der Waals surface area contributed by atoms with Gasteiger partial charge in [0.2, 0.25) is 10.0 Å². The summed E-state index contributed by atoms with van der Waals surface area (Å²) in [6.45, 7) is 0.499. The number of hydrogen-bond acceptors (Lipinski definition) is 3. The number of rotatable bonds is 0. The van der Waals surface area contributed by atoms with Crippen molar-refractivity contribution in [1.29, 1.82) is 0 Å². The lowest BCUT2D eigenvalue weighted by atomic mass is 9.96. The quantitative estimate of drug-likeness (QED) is 0.605. The number of fused-ring (bicyclic) bond motifs is 1. The molecule has 1 unspecified atom stereocenters. The van der Waals surface area contributed by atoms with Crippen LogP contribution in [0.1, 0.15) is 12.8 Å². The van der Waals surface area contributed by atoms with E-state index >= 15 is 0 Å². The van der Waals surface area contributed by atoms with E-state index < -0.39 is 10.0 Å². The fourth-order valence-corrected chi connectivity index (χ4v) is 3.19. The van der Waals surface area contributed by atoms with Crippen LogP contribution in [0, 0.1) is 5.92 Å². The summed E-state index contributed by atoms with van der Waals surface area (Å²) in [7, 11) is -3.31. The van der Waals surface area contributed by atoms with E-state index in [0.717, 1.165) is 6.42 Å². The third-order valence-corrected chi connectivity index (χ3v) is 4.06. The van der Waals surface area contributed by atoms with Crippen molar-refractivity contribution in [2.45, 2.75) is 12.8 Å². The van der Waals surface area contributed by atoms with Crippen molar-refractivity contribution in [3.05, 3.63) is 22.8 Å². The first kappa shape index (κ1) is 8.77. The summed E-state index contributed by atoms with van der Waals surface area (Å²) in [6.07, 6.45) is 4.44. The van der Waals surface area contributed by atoms with Gasteiger partial charge in [-0.3, -0.25) is 0 Å². The summed E-state index contributed by atoms with van der Waals surface area (Å²) in [5.41, 5.74) is 0. The first-order valence-electron chi connectivity index (χ1n) is 4.20. The van der Waals surface area contributed by atoms with E-state index in [2.05, 4.69) is 4.72 Å². The average molecular weight is 201 g/mol. The van der Waals surface area contributed by atoms with Crippen LogP contribution in [-0.2, 0) is 10.0 Å². The predicted octanol–water partition coefficient (Wildman–Crippen LogP) is 0.655. The summed E-state index contributed by atoms with van der Waals surface area (Å²) in [6, 6.07) is 0. The molecule has 13 heavy (non-hydrogen) atoms. The Kier molecular flexibility index (Phi) is 1.92.